The molecule has 7 nitrogen and oxygen atoms in total. The lowest BCUT2D eigenvalue weighted by Crippen LogP contribution is -2.41. The second kappa shape index (κ2) is 6.95. The van der Waals surface area contributed by atoms with Gasteiger partial charge in [0.15, 0.2) is 0 Å². The predicted octanol–water partition coefficient (Wildman–Crippen LogP) is 1.70. The molecule has 3 N–H and O–H groups in total. The van der Waals surface area contributed by atoms with Gasteiger partial charge in [0.1, 0.15) is 5.82 Å². The number of rotatable bonds is 4. The molecule has 2 amide bonds. The number of carbonyl (C=O) groups excluding carboxylic acids is 2. The van der Waals surface area contributed by atoms with Crippen molar-refractivity contribution in [2.24, 2.45) is 5.92 Å². The number of hydrogen-bond acceptors (Lipinski definition) is 5. The number of amides is 2. The normalized spacial score (nSPS) is 16.3. The van der Waals surface area contributed by atoms with Crippen LogP contribution in [0.5, 0.6) is 0 Å². The Morgan fingerprint density at radius 3 is 2.83 bits per heavy atom. The van der Waals surface area contributed by atoms with Crippen LogP contribution in [0.15, 0.2) is 6.20 Å². The summed E-state index contributed by atoms with van der Waals surface area (Å²) >= 11 is 0. The van der Waals surface area contributed by atoms with Gasteiger partial charge >= 0.3 is 11.8 Å². The zero-order valence-electron chi connectivity index (χ0n) is 14.0. The van der Waals surface area contributed by atoms with E-state index in [2.05, 4.69) is 10.3 Å². The molecule has 0 aliphatic carbocycles. The Morgan fingerprint density at radius 2 is 2.22 bits per heavy atom. The fourth-order valence-corrected chi connectivity index (χ4v) is 2.71. The maximum Gasteiger partial charge on any atom is 0.313 e. The van der Waals surface area contributed by atoms with E-state index in [1.165, 1.54) is 11.1 Å². The van der Waals surface area contributed by atoms with Crippen LogP contribution in [-0.4, -0.2) is 34.8 Å². The van der Waals surface area contributed by atoms with E-state index in [1.807, 2.05) is 27.7 Å². The molecule has 2 heterocycles. The highest BCUT2D eigenvalue weighted by molar-refractivity contribution is 6.39. The van der Waals surface area contributed by atoms with Crippen LogP contribution in [-0.2, 0) is 20.9 Å². The molecule has 1 aliphatic rings. The quantitative estimate of drug-likeness (QED) is 0.823. The number of hydrogen-bond donors (Lipinski definition) is 2. The summed E-state index contributed by atoms with van der Waals surface area (Å²) in [6.45, 7) is 9.11. The zero-order valence-corrected chi connectivity index (χ0v) is 14.0. The minimum Gasteiger partial charge on any atom is -0.383 e. The maximum absolute atomic E-state index is 12.3. The van der Waals surface area contributed by atoms with Crippen LogP contribution in [0.25, 0.3) is 0 Å². The van der Waals surface area contributed by atoms with E-state index in [0.29, 0.717) is 37.1 Å². The average molecular weight is 320 g/mol. The summed E-state index contributed by atoms with van der Waals surface area (Å²) in [7, 11) is 0. The molecule has 1 unspecified atom stereocenters. The molecular weight excluding hydrogens is 296 g/mol. The van der Waals surface area contributed by atoms with Gasteiger partial charge < -0.3 is 20.7 Å². The van der Waals surface area contributed by atoms with Gasteiger partial charge in [0.2, 0.25) is 0 Å². The Balaban J connectivity index is 2.17. The van der Waals surface area contributed by atoms with Gasteiger partial charge in [-0.25, -0.2) is 4.98 Å². The molecule has 1 atom stereocenters. The van der Waals surface area contributed by atoms with E-state index < -0.39 is 11.8 Å². The first kappa shape index (κ1) is 17.2. The summed E-state index contributed by atoms with van der Waals surface area (Å²) in [5.41, 5.74) is 7.92. The number of nitrogen functional groups attached to an aromatic ring is 1. The first-order chi connectivity index (χ1) is 10.8. The third kappa shape index (κ3) is 3.61. The number of nitrogens with zero attached hydrogens (tertiary/aromatic N) is 2. The molecule has 0 fully saturated rings. The van der Waals surface area contributed by atoms with Gasteiger partial charge in [-0.3, -0.25) is 9.59 Å². The number of nitrogens with one attached hydrogen (secondary N) is 1. The number of ether oxygens (including phenoxy) is 1. The van der Waals surface area contributed by atoms with Crippen LogP contribution in [0.3, 0.4) is 0 Å². The summed E-state index contributed by atoms with van der Waals surface area (Å²) < 4.78 is 5.54. The number of likely N-dealkylation sites (N-methyl/N-ethyl adjacent to an activating group) is 1. The molecule has 0 bridgehead atoms. The highest BCUT2D eigenvalue weighted by Gasteiger charge is 2.28. The van der Waals surface area contributed by atoms with E-state index in [1.54, 1.807) is 0 Å². The standard InChI is InChI=1S/C16H24N4O3/c1-5-20(7-9(2)3)16(22)15(21)19-12-6-18-14(17)13-10(4)23-8-11(12)13/h6,9-10H,5,7-8H2,1-4H3,(H2,17,18)(H,19,21). The average Bonchev–Trinajstić information content (AvgIpc) is 2.89. The third-order valence-corrected chi connectivity index (χ3v) is 3.84. The molecule has 126 valence electrons. The molecule has 0 saturated heterocycles. The summed E-state index contributed by atoms with van der Waals surface area (Å²) in [5, 5.41) is 2.65. The molecule has 23 heavy (non-hydrogen) atoms. The molecule has 0 spiro atoms. The largest absolute Gasteiger partial charge is 0.383 e. The van der Waals surface area contributed by atoms with Crippen LogP contribution in [0.4, 0.5) is 11.5 Å². The topological polar surface area (TPSA) is 97.6 Å². The van der Waals surface area contributed by atoms with Gasteiger partial charge in [0, 0.05) is 24.2 Å². The molecule has 0 radical (unpaired) electrons. The first-order valence-electron chi connectivity index (χ1n) is 7.84. The van der Waals surface area contributed by atoms with Gasteiger partial charge in [-0.15, -0.1) is 0 Å². The Kier molecular flexibility index (Phi) is 5.20. The van der Waals surface area contributed by atoms with E-state index in [9.17, 15) is 9.59 Å². The fourth-order valence-electron chi connectivity index (χ4n) is 2.71. The van der Waals surface area contributed by atoms with Crippen molar-refractivity contribution in [2.45, 2.75) is 40.4 Å². The van der Waals surface area contributed by atoms with Crippen LogP contribution in [0.1, 0.15) is 44.9 Å². The third-order valence-electron chi connectivity index (χ3n) is 3.84. The monoisotopic (exact) mass is 320 g/mol. The van der Waals surface area contributed by atoms with Gasteiger partial charge in [-0.05, 0) is 19.8 Å². The van der Waals surface area contributed by atoms with Crippen molar-refractivity contribution in [1.29, 1.82) is 0 Å². The van der Waals surface area contributed by atoms with Crippen LogP contribution in [0, 0.1) is 5.92 Å². The molecular formula is C16H24N4O3. The minimum atomic E-state index is -0.666. The molecule has 1 aromatic heterocycles. The number of fused-ring (bicyclic) bond motifs is 1. The van der Waals surface area contributed by atoms with E-state index >= 15 is 0 Å². The van der Waals surface area contributed by atoms with Crippen LogP contribution in [0.2, 0.25) is 0 Å². The van der Waals surface area contributed by atoms with Gasteiger partial charge in [-0.2, -0.15) is 0 Å². The SMILES string of the molecule is CCN(CC(C)C)C(=O)C(=O)Nc1cnc(N)c2c1COC2C. The summed E-state index contributed by atoms with van der Waals surface area (Å²) in [5.74, 6) is -0.521. The van der Waals surface area contributed by atoms with Crippen molar-refractivity contribution >= 4 is 23.3 Å². The van der Waals surface area contributed by atoms with Crippen molar-refractivity contribution < 1.29 is 14.3 Å². The van der Waals surface area contributed by atoms with Crippen molar-refractivity contribution in [3.05, 3.63) is 17.3 Å². The first-order valence-corrected chi connectivity index (χ1v) is 7.84. The summed E-state index contributed by atoms with van der Waals surface area (Å²) in [4.78, 5) is 30.2. The Morgan fingerprint density at radius 1 is 1.52 bits per heavy atom. The molecule has 0 saturated carbocycles. The second-order valence-corrected chi connectivity index (χ2v) is 6.09. The Labute approximate surface area is 136 Å². The Bertz CT molecular complexity index is 616. The van der Waals surface area contributed by atoms with Crippen molar-refractivity contribution in [3.63, 3.8) is 0 Å². The van der Waals surface area contributed by atoms with Gasteiger partial charge in [0.25, 0.3) is 0 Å². The fraction of sp³-hybridized carbons (Fsp3) is 0.562. The number of pyridine rings is 1. The van der Waals surface area contributed by atoms with Gasteiger partial charge in [-0.1, -0.05) is 13.8 Å². The molecule has 0 aromatic carbocycles. The highest BCUT2D eigenvalue weighted by Crippen LogP contribution is 2.37. The van der Waals surface area contributed by atoms with Crippen molar-refractivity contribution in [1.82, 2.24) is 9.88 Å². The molecule has 2 rings (SSSR count). The number of aromatic nitrogens is 1. The van der Waals surface area contributed by atoms with Crippen molar-refractivity contribution in [3.8, 4) is 0 Å². The number of carbonyl (C=O) groups is 2. The van der Waals surface area contributed by atoms with Crippen LogP contribution < -0.4 is 11.1 Å². The molecule has 1 aromatic rings. The smallest absolute Gasteiger partial charge is 0.313 e. The maximum atomic E-state index is 12.3. The molecule has 1 aliphatic heterocycles. The number of anilines is 2. The van der Waals surface area contributed by atoms with Crippen molar-refractivity contribution in [2.75, 3.05) is 24.1 Å². The van der Waals surface area contributed by atoms with E-state index in [4.69, 9.17) is 10.5 Å². The van der Waals surface area contributed by atoms with E-state index in [0.717, 1.165) is 11.1 Å². The summed E-state index contributed by atoms with van der Waals surface area (Å²) in [6, 6.07) is 0. The lowest BCUT2D eigenvalue weighted by molar-refractivity contribution is -0.143. The summed E-state index contributed by atoms with van der Waals surface area (Å²) in [6.07, 6.45) is 1.30. The predicted molar refractivity (Wildman–Crippen MR) is 87.6 cm³/mol. The lowest BCUT2D eigenvalue weighted by Gasteiger charge is -2.22. The van der Waals surface area contributed by atoms with E-state index in [-0.39, 0.29) is 6.10 Å². The second-order valence-electron chi connectivity index (χ2n) is 6.09. The highest BCUT2D eigenvalue weighted by atomic mass is 16.5. The minimum absolute atomic E-state index is 0.168. The zero-order chi connectivity index (χ0) is 17.1. The molecule has 7 heteroatoms. The van der Waals surface area contributed by atoms with Gasteiger partial charge in [0.05, 0.1) is 24.6 Å². The lowest BCUT2D eigenvalue weighted by atomic mass is 10.1. The van der Waals surface area contributed by atoms with Crippen LogP contribution >= 0.6 is 0 Å². The number of nitrogens with two attached hydrogens (primary N) is 1. The Hall–Kier alpha value is -2.15.